The topological polar surface area (TPSA) is 38.1 Å². The van der Waals surface area contributed by atoms with E-state index in [4.69, 9.17) is 4.42 Å². The van der Waals surface area contributed by atoms with Crippen molar-refractivity contribution in [2.75, 3.05) is 0 Å². The molecule has 18 heavy (non-hydrogen) atoms. The van der Waals surface area contributed by atoms with Crippen LogP contribution in [0, 0.1) is 0 Å². The molecule has 0 fully saturated rings. The molecule has 3 heteroatoms. The maximum absolute atomic E-state index is 4.92. The van der Waals surface area contributed by atoms with Gasteiger partial charge in [-0.05, 0) is 16.5 Å². The van der Waals surface area contributed by atoms with Gasteiger partial charge in [-0.15, -0.1) is 0 Å². The average molecular weight is 244 g/mol. The van der Waals surface area contributed by atoms with E-state index in [1.807, 2.05) is 0 Å². The van der Waals surface area contributed by atoms with Gasteiger partial charge in [0.25, 0.3) is 0 Å². The summed E-state index contributed by atoms with van der Waals surface area (Å²) in [6, 6.07) is 8.76. The van der Waals surface area contributed by atoms with Crippen molar-refractivity contribution in [3.8, 4) is 0 Å². The van der Waals surface area contributed by atoms with E-state index in [0.717, 1.165) is 18.8 Å². The smallest absolute Gasteiger partial charge is 0.180 e. The highest BCUT2D eigenvalue weighted by Crippen LogP contribution is 2.22. The summed E-state index contributed by atoms with van der Waals surface area (Å²) in [5.41, 5.74) is 3.79. The van der Waals surface area contributed by atoms with Crippen LogP contribution in [0.15, 0.2) is 41.3 Å². The molecule has 0 aliphatic heterocycles. The van der Waals surface area contributed by atoms with Gasteiger partial charge in [0.2, 0.25) is 0 Å². The van der Waals surface area contributed by atoms with Gasteiger partial charge < -0.3 is 9.73 Å². The van der Waals surface area contributed by atoms with Gasteiger partial charge in [-0.3, -0.25) is 0 Å². The van der Waals surface area contributed by atoms with Gasteiger partial charge in [-0.25, -0.2) is 4.98 Å². The highest BCUT2D eigenvalue weighted by atomic mass is 16.3. The van der Waals surface area contributed by atoms with Crippen LogP contribution in [0.5, 0.6) is 0 Å². The minimum Gasteiger partial charge on any atom is -0.451 e. The molecule has 1 aromatic heterocycles. The summed E-state index contributed by atoms with van der Waals surface area (Å²) in [7, 11) is 0. The highest BCUT2D eigenvalue weighted by Gasteiger charge is 2.12. The van der Waals surface area contributed by atoms with Crippen LogP contribution >= 0.6 is 0 Å². The van der Waals surface area contributed by atoms with Gasteiger partial charge in [-0.2, -0.15) is 0 Å². The molecule has 0 aliphatic rings. The normalized spacial score (nSPS) is 11.7. The molecular weight excluding hydrogens is 224 g/mol. The molecular formula is C15H20N2O. The molecule has 0 aliphatic carbocycles. The van der Waals surface area contributed by atoms with Crippen molar-refractivity contribution in [3.63, 3.8) is 0 Å². The number of nitrogens with one attached hydrogen (secondary N) is 1. The number of hydrogen-bond acceptors (Lipinski definition) is 3. The van der Waals surface area contributed by atoms with Gasteiger partial charge in [0, 0.05) is 13.1 Å². The minimum absolute atomic E-state index is 0.215. The first kappa shape index (κ1) is 12.8. The van der Waals surface area contributed by atoms with Crippen molar-refractivity contribution in [1.29, 1.82) is 0 Å². The third-order valence-electron chi connectivity index (χ3n) is 2.94. The Morgan fingerprint density at radius 2 is 1.83 bits per heavy atom. The maximum Gasteiger partial charge on any atom is 0.180 e. The molecule has 0 spiro atoms. The second-order valence-electron chi connectivity index (χ2n) is 5.53. The van der Waals surface area contributed by atoms with E-state index < -0.39 is 0 Å². The molecule has 0 atom stereocenters. The lowest BCUT2D eigenvalue weighted by Crippen LogP contribution is -2.14. The molecule has 0 bridgehead atoms. The zero-order chi connectivity index (χ0) is 13.0. The number of benzene rings is 1. The molecule has 3 nitrogen and oxygen atoms in total. The Labute approximate surface area is 108 Å². The first-order valence-electron chi connectivity index (χ1n) is 6.23. The van der Waals surface area contributed by atoms with Gasteiger partial charge in [0.15, 0.2) is 6.39 Å². The highest BCUT2D eigenvalue weighted by molar-refractivity contribution is 5.27. The molecule has 0 unspecified atom stereocenters. The summed E-state index contributed by atoms with van der Waals surface area (Å²) < 4.78 is 4.92. The van der Waals surface area contributed by atoms with E-state index in [9.17, 15) is 0 Å². The van der Waals surface area contributed by atoms with Crippen LogP contribution in [0.3, 0.4) is 0 Å². The van der Waals surface area contributed by atoms with Crippen LogP contribution in [-0.2, 0) is 18.5 Å². The number of nitrogens with zero attached hydrogens (tertiary/aromatic N) is 1. The molecule has 2 aromatic rings. The van der Waals surface area contributed by atoms with Crippen molar-refractivity contribution in [3.05, 3.63) is 53.7 Å². The third-order valence-corrected chi connectivity index (χ3v) is 2.94. The largest absolute Gasteiger partial charge is 0.451 e. The summed E-state index contributed by atoms with van der Waals surface area (Å²) in [4.78, 5) is 4.06. The van der Waals surface area contributed by atoms with Crippen LogP contribution in [-0.4, -0.2) is 4.98 Å². The van der Waals surface area contributed by atoms with Gasteiger partial charge in [0.1, 0.15) is 6.26 Å². The zero-order valence-corrected chi connectivity index (χ0v) is 11.2. The summed E-state index contributed by atoms with van der Waals surface area (Å²) in [5, 5.41) is 3.34. The van der Waals surface area contributed by atoms with Crippen LogP contribution < -0.4 is 5.32 Å². The van der Waals surface area contributed by atoms with E-state index in [0.29, 0.717) is 0 Å². The Morgan fingerprint density at radius 1 is 1.11 bits per heavy atom. The Bertz CT molecular complexity index is 466. The number of oxazole rings is 1. The molecule has 2 rings (SSSR count). The lowest BCUT2D eigenvalue weighted by Gasteiger charge is -2.19. The van der Waals surface area contributed by atoms with Crippen molar-refractivity contribution in [2.45, 2.75) is 39.3 Å². The minimum atomic E-state index is 0.215. The first-order valence-corrected chi connectivity index (χ1v) is 6.23. The summed E-state index contributed by atoms with van der Waals surface area (Å²) in [5.74, 6) is 0. The molecule has 0 amide bonds. The Kier molecular flexibility index (Phi) is 3.82. The predicted octanol–water partition coefficient (Wildman–Crippen LogP) is 3.26. The van der Waals surface area contributed by atoms with E-state index >= 15 is 0 Å². The molecule has 1 heterocycles. The first-order chi connectivity index (χ1) is 8.55. The molecule has 0 saturated carbocycles. The Balaban J connectivity index is 1.87. The fourth-order valence-electron chi connectivity index (χ4n) is 1.78. The number of hydrogen-bond donors (Lipinski definition) is 1. The van der Waals surface area contributed by atoms with Crippen LogP contribution in [0.4, 0.5) is 0 Å². The van der Waals surface area contributed by atoms with Crippen molar-refractivity contribution >= 4 is 0 Å². The fraction of sp³-hybridized carbons (Fsp3) is 0.400. The van der Waals surface area contributed by atoms with Gasteiger partial charge >= 0.3 is 0 Å². The monoisotopic (exact) mass is 244 g/mol. The van der Waals surface area contributed by atoms with E-state index in [1.165, 1.54) is 17.5 Å². The van der Waals surface area contributed by atoms with E-state index in [1.54, 1.807) is 6.26 Å². The van der Waals surface area contributed by atoms with Crippen LogP contribution in [0.1, 0.15) is 37.6 Å². The second kappa shape index (κ2) is 5.36. The average Bonchev–Trinajstić information content (AvgIpc) is 2.82. The predicted molar refractivity (Wildman–Crippen MR) is 72.2 cm³/mol. The van der Waals surface area contributed by atoms with Crippen molar-refractivity contribution < 1.29 is 4.42 Å². The molecule has 96 valence electrons. The maximum atomic E-state index is 4.92. The van der Waals surface area contributed by atoms with Crippen LogP contribution in [0.25, 0.3) is 0 Å². The lowest BCUT2D eigenvalue weighted by molar-refractivity contribution is 0.554. The quantitative estimate of drug-likeness (QED) is 0.897. The fourth-order valence-corrected chi connectivity index (χ4v) is 1.78. The second-order valence-corrected chi connectivity index (χ2v) is 5.53. The molecule has 1 N–H and O–H groups in total. The Hall–Kier alpha value is -1.61. The third kappa shape index (κ3) is 3.44. The summed E-state index contributed by atoms with van der Waals surface area (Å²) in [6.07, 6.45) is 3.12. The summed E-state index contributed by atoms with van der Waals surface area (Å²) >= 11 is 0. The Morgan fingerprint density at radius 3 is 2.39 bits per heavy atom. The van der Waals surface area contributed by atoms with Crippen molar-refractivity contribution in [1.82, 2.24) is 10.3 Å². The lowest BCUT2D eigenvalue weighted by atomic mass is 9.87. The summed E-state index contributed by atoms with van der Waals surface area (Å²) in [6.45, 7) is 8.26. The van der Waals surface area contributed by atoms with Gasteiger partial charge in [0.05, 0.1) is 5.69 Å². The number of aromatic nitrogens is 1. The SMILES string of the molecule is CC(C)(C)c1ccc(CNCc2cocn2)cc1. The van der Waals surface area contributed by atoms with E-state index in [-0.39, 0.29) is 5.41 Å². The number of rotatable bonds is 4. The molecule has 1 aromatic carbocycles. The van der Waals surface area contributed by atoms with E-state index in [2.05, 4.69) is 55.3 Å². The molecule has 0 radical (unpaired) electrons. The van der Waals surface area contributed by atoms with Gasteiger partial charge in [-0.1, -0.05) is 45.0 Å². The zero-order valence-electron chi connectivity index (χ0n) is 11.2. The standard InChI is InChI=1S/C15H20N2O/c1-15(2,3)13-6-4-12(5-7-13)8-16-9-14-10-18-11-17-14/h4-7,10-11,16H,8-9H2,1-3H3. The van der Waals surface area contributed by atoms with Crippen LogP contribution in [0.2, 0.25) is 0 Å². The van der Waals surface area contributed by atoms with Crippen molar-refractivity contribution in [2.24, 2.45) is 0 Å². The molecule has 0 saturated heterocycles.